The number of amides is 1. The van der Waals surface area contributed by atoms with Crippen molar-refractivity contribution in [1.82, 2.24) is 10.5 Å². The van der Waals surface area contributed by atoms with Gasteiger partial charge in [0.15, 0.2) is 6.10 Å². The second-order valence-corrected chi connectivity index (χ2v) is 6.08. The van der Waals surface area contributed by atoms with Gasteiger partial charge >= 0.3 is 5.97 Å². The summed E-state index contributed by atoms with van der Waals surface area (Å²) in [5.74, 6) is 0.578. The molecule has 0 radical (unpaired) electrons. The van der Waals surface area contributed by atoms with Crippen LogP contribution in [-0.2, 0) is 27.4 Å². The SMILES string of the molecule is C=CCNC(=O)[C@H](C)OC(=O)Cc1ccc(OCc2c(C)noc2C)cc1. The summed E-state index contributed by atoms with van der Waals surface area (Å²) in [5, 5.41) is 6.47. The van der Waals surface area contributed by atoms with Crippen LogP contribution in [0, 0.1) is 13.8 Å². The maximum absolute atomic E-state index is 12.0. The molecule has 0 aliphatic heterocycles. The molecule has 0 aliphatic carbocycles. The molecule has 0 saturated carbocycles. The Morgan fingerprint density at radius 1 is 1.30 bits per heavy atom. The van der Waals surface area contributed by atoms with E-state index in [0.717, 1.165) is 22.6 Å². The molecular weight excluding hydrogens is 348 g/mol. The van der Waals surface area contributed by atoms with Gasteiger partial charge < -0.3 is 19.3 Å². The predicted octanol–water partition coefficient (Wildman–Crippen LogP) is 2.65. The van der Waals surface area contributed by atoms with Crippen LogP contribution in [0.5, 0.6) is 5.75 Å². The summed E-state index contributed by atoms with van der Waals surface area (Å²) in [7, 11) is 0. The minimum atomic E-state index is -0.852. The van der Waals surface area contributed by atoms with Crippen LogP contribution in [0.25, 0.3) is 0 Å². The van der Waals surface area contributed by atoms with Gasteiger partial charge in [-0.2, -0.15) is 0 Å². The highest BCUT2D eigenvalue weighted by Gasteiger charge is 2.17. The Labute approximate surface area is 158 Å². The predicted molar refractivity (Wildman–Crippen MR) is 99.2 cm³/mol. The van der Waals surface area contributed by atoms with Crippen LogP contribution in [0.15, 0.2) is 41.4 Å². The molecule has 1 aromatic heterocycles. The van der Waals surface area contributed by atoms with Crippen molar-refractivity contribution in [2.24, 2.45) is 0 Å². The normalized spacial score (nSPS) is 11.5. The Bertz CT molecular complexity index is 776. The molecule has 0 fully saturated rings. The summed E-state index contributed by atoms with van der Waals surface area (Å²) in [5.41, 5.74) is 2.49. The molecule has 0 saturated heterocycles. The molecule has 0 bridgehead atoms. The Kier molecular flexibility index (Phi) is 7.16. The van der Waals surface area contributed by atoms with Crippen molar-refractivity contribution in [3.05, 3.63) is 59.5 Å². The lowest BCUT2D eigenvalue weighted by molar-refractivity contribution is -0.154. The third kappa shape index (κ3) is 5.99. The second kappa shape index (κ2) is 9.56. The second-order valence-electron chi connectivity index (χ2n) is 6.08. The lowest BCUT2D eigenvalue weighted by atomic mass is 10.1. The molecule has 1 atom stereocenters. The molecule has 0 spiro atoms. The molecular formula is C20H24N2O5. The van der Waals surface area contributed by atoms with Crippen LogP contribution in [0.1, 0.15) is 29.5 Å². The van der Waals surface area contributed by atoms with Gasteiger partial charge in [0.25, 0.3) is 5.91 Å². The topological polar surface area (TPSA) is 90.7 Å². The van der Waals surface area contributed by atoms with Crippen molar-refractivity contribution in [2.75, 3.05) is 6.54 Å². The number of hydrogen-bond donors (Lipinski definition) is 1. The number of benzene rings is 1. The van der Waals surface area contributed by atoms with E-state index in [0.29, 0.717) is 18.9 Å². The van der Waals surface area contributed by atoms with Crippen molar-refractivity contribution < 1.29 is 23.6 Å². The zero-order valence-electron chi connectivity index (χ0n) is 15.8. The van der Waals surface area contributed by atoms with Gasteiger partial charge in [0, 0.05) is 6.54 Å². The number of nitrogens with zero attached hydrogens (tertiary/aromatic N) is 1. The van der Waals surface area contributed by atoms with Gasteiger partial charge in [0.1, 0.15) is 18.1 Å². The highest BCUT2D eigenvalue weighted by molar-refractivity contribution is 5.83. The van der Waals surface area contributed by atoms with Crippen LogP contribution in [-0.4, -0.2) is 29.7 Å². The summed E-state index contributed by atoms with van der Waals surface area (Å²) < 4.78 is 16.0. The van der Waals surface area contributed by atoms with Crippen molar-refractivity contribution >= 4 is 11.9 Å². The first-order valence-corrected chi connectivity index (χ1v) is 8.62. The molecule has 1 aromatic carbocycles. The number of hydrogen-bond acceptors (Lipinski definition) is 6. The Morgan fingerprint density at radius 2 is 2.00 bits per heavy atom. The average Bonchev–Trinajstić information content (AvgIpc) is 2.96. The molecule has 0 aliphatic rings. The monoisotopic (exact) mass is 372 g/mol. The number of aromatic nitrogens is 1. The van der Waals surface area contributed by atoms with Gasteiger partial charge in [-0.05, 0) is 38.5 Å². The molecule has 7 heteroatoms. The summed E-state index contributed by atoms with van der Waals surface area (Å²) in [6.07, 6.45) is 0.778. The van der Waals surface area contributed by atoms with E-state index in [9.17, 15) is 9.59 Å². The van der Waals surface area contributed by atoms with Crippen molar-refractivity contribution in [3.63, 3.8) is 0 Å². The molecule has 1 amide bonds. The number of esters is 1. The fourth-order valence-corrected chi connectivity index (χ4v) is 2.34. The standard InChI is InChI=1S/C20H24N2O5/c1-5-10-21-20(24)15(4)26-19(23)11-16-6-8-17(9-7-16)25-12-18-13(2)22-27-14(18)3/h5-9,15H,1,10-12H2,2-4H3,(H,21,24)/t15-/m0/s1. The highest BCUT2D eigenvalue weighted by atomic mass is 16.5. The van der Waals surface area contributed by atoms with E-state index in [4.69, 9.17) is 14.0 Å². The minimum absolute atomic E-state index is 0.0726. The van der Waals surface area contributed by atoms with Crippen LogP contribution in [0.4, 0.5) is 0 Å². The largest absolute Gasteiger partial charge is 0.489 e. The zero-order chi connectivity index (χ0) is 19.8. The van der Waals surface area contributed by atoms with Gasteiger partial charge in [0.05, 0.1) is 17.7 Å². The quantitative estimate of drug-likeness (QED) is 0.537. The lowest BCUT2D eigenvalue weighted by Gasteiger charge is -2.13. The number of rotatable bonds is 9. The summed E-state index contributed by atoms with van der Waals surface area (Å²) >= 11 is 0. The molecule has 2 rings (SSSR count). The molecule has 7 nitrogen and oxygen atoms in total. The first-order valence-electron chi connectivity index (χ1n) is 8.62. The molecule has 27 heavy (non-hydrogen) atoms. The lowest BCUT2D eigenvalue weighted by Crippen LogP contribution is -2.36. The molecule has 0 unspecified atom stereocenters. The molecule has 1 heterocycles. The summed E-state index contributed by atoms with van der Waals surface area (Å²) in [4.78, 5) is 23.7. The first kappa shape index (κ1) is 20.2. The fraction of sp³-hybridized carbons (Fsp3) is 0.350. The van der Waals surface area contributed by atoms with Gasteiger partial charge in [-0.15, -0.1) is 6.58 Å². The maximum atomic E-state index is 12.0. The van der Waals surface area contributed by atoms with E-state index in [2.05, 4.69) is 17.1 Å². The van der Waals surface area contributed by atoms with Gasteiger partial charge in [-0.3, -0.25) is 9.59 Å². The van der Waals surface area contributed by atoms with Crippen LogP contribution >= 0.6 is 0 Å². The maximum Gasteiger partial charge on any atom is 0.311 e. The average molecular weight is 372 g/mol. The van der Waals surface area contributed by atoms with Crippen molar-refractivity contribution in [2.45, 2.75) is 39.9 Å². The molecule has 2 aromatic rings. The van der Waals surface area contributed by atoms with E-state index in [1.165, 1.54) is 6.92 Å². The summed E-state index contributed by atoms with van der Waals surface area (Å²) in [6, 6.07) is 7.13. The van der Waals surface area contributed by atoms with Gasteiger partial charge in [-0.25, -0.2) is 0 Å². The number of carbonyl (C=O) groups is 2. The smallest absolute Gasteiger partial charge is 0.311 e. The van der Waals surface area contributed by atoms with E-state index < -0.39 is 12.1 Å². The van der Waals surface area contributed by atoms with Crippen LogP contribution in [0.2, 0.25) is 0 Å². The van der Waals surface area contributed by atoms with E-state index in [-0.39, 0.29) is 12.3 Å². The van der Waals surface area contributed by atoms with E-state index in [1.807, 2.05) is 13.8 Å². The Morgan fingerprint density at radius 3 is 2.59 bits per heavy atom. The Balaban J connectivity index is 1.83. The van der Waals surface area contributed by atoms with E-state index >= 15 is 0 Å². The fourth-order valence-electron chi connectivity index (χ4n) is 2.34. The molecule has 144 valence electrons. The van der Waals surface area contributed by atoms with Crippen molar-refractivity contribution in [1.29, 1.82) is 0 Å². The zero-order valence-corrected chi connectivity index (χ0v) is 15.8. The van der Waals surface area contributed by atoms with Crippen LogP contribution < -0.4 is 10.1 Å². The molecule has 1 N–H and O–H groups in total. The number of aryl methyl sites for hydroxylation is 2. The number of carbonyl (C=O) groups excluding carboxylic acids is 2. The number of nitrogens with one attached hydrogen (secondary N) is 1. The van der Waals surface area contributed by atoms with Gasteiger partial charge in [0.2, 0.25) is 0 Å². The number of ether oxygens (including phenoxy) is 2. The third-order valence-corrected chi connectivity index (χ3v) is 3.93. The highest BCUT2D eigenvalue weighted by Crippen LogP contribution is 2.18. The van der Waals surface area contributed by atoms with Crippen LogP contribution in [0.3, 0.4) is 0 Å². The van der Waals surface area contributed by atoms with Gasteiger partial charge in [-0.1, -0.05) is 23.4 Å². The summed E-state index contributed by atoms with van der Waals surface area (Å²) in [6.45, 7) is 9.43. The minimum Gasteiger partial charge on any atom is -0.489 e. The van der Waals surface area contributed by atoms with Crippen molar-refractivity contribution in [3.8, 4) is 5.75 Å². The first-order chi connectivity index (χ1) is 12.9. The van der Waals surface area contributed by atoms with E-state index in [1.54, 1.807) is 30.3 Å². The Hall–Kier alpha value is -3.09. The third-order valence-electron chi connectivity index (χ3n) is 3.93.